The second-order valence-corrected chi connectivity index (χ2v) is 9.03. The minimum absolute atomic E-state index is 0.163. The van der Waals surface area contributed by atoms with Crippen LogP contribution in [0.2, 0.25) is 0 Å². The number of rotatable bonds is 2. The van der Waals surface area contributed by atoms with Crippen molar-refractivity contribution >= 4 is 23.5 Å². The smallest absolute Gasteiger partial charge is 0.0890 e. The van der Waals surface area contributed by atoms with E-state index in [1.54, 1.807) is 0 Å². The summed E-state index contributed by atoms with van der Waals surface area (Å²) in [7, 11) is 0. The quantitative estimate of drug-likeness (QED) is 0.601. The fourth-order valence-electron chi connectivity index (χ4n) is 2.33. The van der Waals surface area contributed by atoms with E-state index in [0.29, 0.717) is 5.92 Å². The fourth-order valence-corrected chi connectivity index (χ4v) is 6.25. The van der Waals surface area contributed by atoms with E-state index in [0.717, 1.165) is 0 Å². The molecule has 0 bridgehead atoms. The van der Waals surface area contributed by atoms with Gasteiger partial charge in [-0.3, -0.25) is 0 Å². The molecule has 1 unspecified atom stereocenters. The minimum atomic E-state index is 0.163. The van der Waals surface area contributed by atoms with Crippen LogP contribution in [0.4, 0.5) is 0 Å². The molecule has 0 spiro atoms. The van der Waals surface area contributed by atoms with Gasteiger partial charge in [-0.15, -0.1) is 23.5 Å². The molecule has 0 aromatic heterocycles. The highest BCUT2D eigenvalue weighted by Gasteiger charge is 2.50. The van der Waals surface area contributed by atoms with E-state index in [9.17, 15) is 0 Å². The Kier molecular flexibility index (Phi) is 3.96. The molecule has 1 heterocycles. The first-order valence-electron chi connectivity index (χ1n) is 5.86. The van der Waals surface area contributed by atoms with Crippen molar-refractivity contribution in [3.8, 4) is 0 Å². The van der Waals surface area contributed by atoms with Crippen molar-refractivity contribution in [3.05, 3.63) is 22.6 Å². The van der Waals surface area contributed by atoms with Crippen molar-refractivity contribution in [2.75, 3.05) is 0 Å². The lowest BCUT2D eigenvalue weighted by Gasteiger charge is -2.33. The third kappa shape index (κ3) is 2.24. The second kappa shape index (κ2) is 4.45. The van der Waals surface area contributed by atoms with Gasteiger partial charge in [-0.2, -0.15) is 0 Å². The van der Waals surface area contributed by atoms with Gasteiger partial charge < -0.3 is 0 Å². The van der Waals surface area contributed by atoms with Gasteiger partial charge in [-0.1, -0.05) is 31.6 Å². The summed E-state index contributed by atoms with van der Waals surface area (Å²) in [5, 5.41) is 0. The molecule has 16 heavy (non-hydrogen) atoms. The summed E-state index contributed by atoms with van der Waals surface area (Å²) in [5.74, 6) is 0.608. The molecule has 0 radical (unpaired) electrons. The van der Waals surface area contributed by atoms with Crippen molar-refractivity contribution < 1.29 is 0 Å². The molecule has 0 amide bonds. The van der Waals surface area contributed by atoms with Gasteiger partial charge in [0, 0.05) is 9.65 Å². The summed E-state index contributed by atoms with van der Waals surface area (Å²) in [6.45, 7) is 20.1. The van der Waals surface area contributed by atoms with Crippen LogP contribution in [-0.4, -0.2) is 8.83 Å². The predicted molar refractivity (Wildman–Crippen MR) is 80.0 cm³/mol. The summed E-state index contributed by atoms with van der Waals surface area (Å²) >= 11 is 4.11. The van der Waals surface area contributed by atoms with Gasteiger partial charge in [0.05, 0.1) is 4.08 Å². The van der Waals surface area contributed by atoms with E-state index in [-0.39, 0.29) is 8.83 Å². The summed E-state index contributed by atoms with van der Waals surface area (Å²) in [4.78, 5) is 1.54. The molecule has 1 saturated heterocycles. The van der Waals surface area contributed by atoms with E-state index in [1.165, 1.54) is 16.1 Å². The molecule has 0 N–H and O–H groups in total. The molecule has 0 saturated carbocycles. The van der Waals surface area contributed by atoms with E-state index in [2.05, 4.69) is 66.8 Å². The molecule has 1 fully saturated rings. The van der Waals surface area contributed by atoms with Crippen LogP contribution in [0.15, 0.2) is 22.6 Å². The van der Waals surface area contributed by atoms with Crippen LogP contribution in [0, 0.1) is 5.92 Å². The Labute approximate surface area is 109 Å². The molecule has 1 atom stereocenters. The van der Waals surface area contributed by atoms with Gasteiger partial charge in [-0.05, 0) is 40.5 Å². The minimum Gasteiger partial charge on any atom is -0.128 e. The fraction of sp³-hybridized carbons (Fsp3) is 0.714. The van der Waals surface area contributed by atoms with Crippen LogP contribution >= 0.6 is 23.5 Å². The Balaban J connectivity index is 3.24. The second-order valence-electron chi connectivity index (χ2n) is 5.65. The standard InChI is InChI=1S/C14H24S2/c1-9(2)12-13(7,8)16-14(15-12,10(3)4)11(5)6/h11H,3H2,1-2,4-8H3. The number of allylic oxidation sites excluding steroid dienone is 1. The van der Waals surface area contributed by atoms with Crippen LogP contribution in [0.25, 0.3) is 0 Å². The molecule has 0 aromatic carbocycles. The van der Waals surface area contributed by atoms with E-state index in [1.807, 2.05) is 11.8 Å². The van der Waals surface area contributed by atoms with Gasteiger partial charge in [-0.25, -0.2) is 0 Å². The molecule has 2 heteroatoms. The largest absolute Gasteiger partial charge is 0.128 e. The molecule has 0 aromatic rings. The molecule has 1 rings (SSSR count). The molecular weight excluding hydrogens is 232 g/mol. The molecule has 92 valence electrons. The zero-order chi connectivity index (χ0) is 12.7. The first kappa shape index (κ1) is 14.2. The van der Waals surface area contributed by atoms with Crippen molar-refractivity contribution in [1.82, 2.24) is 0 Å². The lowest BCUT2D eigenvalue weighted by Crippen LogP contribution is -2.27. The van der Waals surface area contributed by atoms with Gasteiger partial charge in [0.25, 0.3) is 0 Å². The third-order valence-corrected chi connectivity index (χ3v) is 7.73. The Morgan fingerprint density at radius 2 is 1.69 bits per heavy atom. The Hall–Kier alpha value is 0.180. The van der Waals surface area contributed by atoms with Crippen molar-refractivity contribution in [1.29, 1.82) is 0 Å². The van der Waals surface area contributed by atoms with E-state index >= 15 is 0 Å². The van der Waals surface area contributed by atoms with Gasteiger partial charge >= 0.3 is 0 Å². The average molecular weight is 256 g/mol. The lowest BCUT2D eigenvalue weighted by atomic mass is 10.0. The first-order valence-corrected chi connectivity index (χ1v) is 7.50. The maximum absolute atomic E-state index is 4.23. The first-order chi connectivity index (χ1) is 7.13. The van der Waals surface area contributed by atoms with Crippen LogP contribution < -0.4 is 0 Å². The SMILES string of the molecule is C=C(C)C1(C(C)C)SC(=C(C)C)C(C)(C)S1. The Morgan fingerprint density at radius 3 is 1.88 bits per heavy atom. The van der Waals surface area contributed by atoms with Crippen molar-refractivity contribution in [3.63, 3.8) is 0 Å². The molecule has 1 aliphatic heterocycles. The highest BCUT2D eigenvalue weighted by Crippen LogP contribution is 2.66. The van der Waals surface area contributed by atoms with Crippen LogP contribution in [0.5, 0.6) is 0 Å². The normalized spacial score (nSPS) is 28.6. The van der Waals surface area contributed by atoms with Crippen molar-refractivity contribution in [2.24, 2.45) is 5.92 Å². The topological polar surface area (TPSA) is 0 Å². The number of hydrogen-bond acceptors (Lipinski definition) is 2. The van der Waals surface area contributed by atoms with E-state index < -0.39 is 0 Å². The van der Waals surface area contributed by atoms with Gasteiger partial charge in [0.2, 0.25) is 0 Å². The van der Waals surface area contributed by atoms with E-state index in [4.69, 9.17) is 0 Å². The predicted octanol–water partition coefficient (Wildman–Crippen LogP) is 5.47. The zero-order valence-corrected chi connectivity index (χ0v) is 13.2. The van der Waals surface area contributed by atoms with Crippen LogP contribution in [0.1, 0.15) is 48.5 Å². The monoisotopic (exact) mass is 256 g/mol. The Bertz CT molecular complexity index is 333. The molecule has 0 aliphatic carbocycles. The zero-order valence-electron chi connectivity index (χ0n) is 11.6. The van der Waals surface area contributed by atoms with Crippen molar-refractivity contribution in [2.45, 2.75) is 57.3 Å². The highest BCUT2D eigenvalue weighted by atomic mass is 32.2. The third-order valence-electron chi connectivity index (χ3n) is 3.02. The summed E-state index contributed by atoms with van der Waals surface area (Å²) in [5.41, 5.74) is 2.74. The molecule has 0 nitrogen and oxygen atoms in total. The lowest BCUT2D eigenvalue weighted by molar-refractivity contribution is 0.624. The maximum Gasteiger partial charge on any atom is 0.0890 e. The summed E-state index contributed by atoms with van der Waals surface area (Å²) in [6, 6.07) is 0. The molecule has 1 aliphatic rings. The maximum atomic E-state index is 4.23. The summed E-state index contributed by atoms with van der Waals surface area (Å²) < 4.78 is 0.392. The van der Waals surface area contributed by atoms with Crippen LogP contribution in [-0.2, 0) is 0 Å². The number of thioether (sulfide) groups is 2. The number of hydrogen-bond donors (Lipinski definition) is 0. The Morgan fingerprint density at radius 1 is 1.19 bits per heavy atom. The highest BCUT2D eigenvalue weighted by molar-refractivity contribution is 8.24. The molecular formula is C14H24S2. The summed E-state index contributed by atoms with van der Waals surface area (Å²) in [6.07, 6.45) is 0. The van der Waals surface area contributed by atoms with Gasteiger partial charge in [0.15, 0.2) is 0 Å². The van der Waals surface area contributed by atoms with Gasteiger partial charge in [0.1, 0.15) is 0 Å². The van der Waals surface area contributed by atoms with Crippen LogP contribution in [0.3, 0.4) is 0 Å². The average Bonchev–Trinajstić information content (AvgIpc) is 2.38.